The zero-order valence-corrected chi connectivity index (χ0v) is 13.2. The highest BCUT2D eigenvalue weighted by Crippen LogP contribution is 2.33. The fraction of sp³-hybridized carbons (Fsp3) is 0.188. The molecule has 0 saturated carbocycles. The number of benzene rings is 2. The highest BCUT2D eigenvalue weighted by Gasteiger charge is 2.31. The van der Waals surface area contributed by atoms with Crippen molar-refractivity contribution < 1.29 is 17.6 Å². The molecule has 5 nitrogen and oxygen atoms in total. The van der Waals surface area contributed by atoms with Crippen molar-refractivity contribution in [3.05, 3.63) is 59.4 Å². The lowest BCUT2D eigenvalue weighted by molar-refractivity contribution is 0.0981. The third-order valence-electron chi connectivity index (χ3n) is 3.91. The molecule has 0 radical (unpaired) electrons. The number of nitrogens with two attached hydrogens (primary N) is 1. The molecular formula is C16H15FN2O3S. The average molecular weight is 334 g/mol. The van der Waals surface area contributed by atoms with E-state index < -0.39 is 20.7 Å². The summed E-state index contributed by atoms with van der Waals surface area (Å²) in [7, 11) is -4.15. The highest BCUT2D eigenvalue weighted by molar-refractivity contribution is 7.89. The lowest BCUT2D eigenvalue weighted by atomic mass is 10.1. The number of rotatable bonds is 2. The van der Waals surface area contributed by atoms with Gasteiger partial charge in [0.1, 0.15) is 10.7 Å². The number of carbonyl (C=O) groups excluding carboxylic acids is 1. The van der Waals surface area contributed by atoms with E-state index in [-0.39, 0.29) is 17.5 Å². The molecule has 0 bridgehead atoms. The summed E-state index contributed by atoms with van der Waals surface area (Å²) in [5.41, 5.74) is 1.93. The van der Waals surface area contributed by atoms with Crippen LogP contribution in [0.25, 0.3) is 0 Å². The number of sulfonamides is 1. The maximum atomic E-state index is 14.0. The van der Waals surface area contributed by atoms with Crippen LogP contribution >= 0.6 is 0 Å². The van der Waals surface area contributed by atoms with Gasteiger partial charge < -0.3 is 4.90 Å². The molecule has 1 heterocycles. The van der Waals surface area contributed by atoms with Crippen LogP contribution in [0.3, 0.4) is 0 Å². The monoisotopic (exact) mass is 334 g/mol. The number of para-hydroxylation sites is 1. The predicted molar refractivity (Wildman–Crippen MR) is 84.2 cm³/mol. The molecular weight excluding hydrogens is 319 g/mol. The minimum atomic E-state index is -4.15. The van der Waals surface area contributed by atoms with Crippen molar-refractivity contribution in [1.82, 2.24) is 0 Å². The summed E-state index contributed by atoms with van der Waals surface area (Å²) < 4.78 is 36.5. The Kier molecular flexibility index (Phi) is 3.69. The first kappa shape index (κ1) is 15.6. The number of hydrogen-bond donors (Lipinski definition) is 1. The molecule has 120 valence electrons. The van der Waals surface area contributed by atoms with E-state index in [4.69, 9.17) is 5.14 Å². The second-order valence-electron chi connectivity index (χ2n) is 5.55. The van der Waals surface area contributed by atoms with Gasteiger partial charge in [-0.05, 0) is 43.2 Å². The minimum absolute atomic E-state index is 0.0547. The van der Waals surface area contributed by atoms with Gasteiger partial charge in [0.25, 0.3) is 5.91 Å². The molecule has 7 heteroatoms. The van der Waals surface area contributed by atoms with E-state index in [1.807, 2.05) is 31.2 Å². The van der Waals surface area contributed by atoms with Crippen molar-refractivity contribution >= 4 is 21.6 Å². The molecule has 2 aromatic rings. The first-order valence-corrected chi connectivity index (χ1v) is 8.57. The minimum Gasteiger partial charge on any atom is -0.305 e. The van der Waals surface area contributed by atoms with Crippen molar-refractivity contribution in [3.8, 4) is 0 Å². The van der Waals surface area contributed by atoms with Gasteiger partial charge in [-0.15, -0.1) is 0 Å². The Labute approximate surface area is 133 Å². The number of nitrogens with zero attached hydrogens (tertiary/aromatic N) is 1. The Bertz CT molecular complexity index is 896. The quantitative estimate of drug-likeness (QED) is 0.913. The Morgan fingerprint density at radius 3 is 2.61 bits per heavy atom. The SMILES string of the molecule is CC1Cc2ccccc2N1C(=O)c1ccc(S(N)(=O)=O)c(F)c1. The second kappa shape index (κ2) is 5.43. The topological polar surface area (TPSA) is 80.5 Å². The Morgan fingerprint density at radius 1 is 1.26 bits per heavy atom. The first-order chi connectivity index (χ1) is 10.8. The summed E-state index contributed by atoms with van der Waals surface area (Å²) in [5, 5.41) is 4.93. The fourth-order valence-corrected chi connectivity index (χ4v) is 3.47. The largest absolute Gasteiger partial charge is 0.305 e. The van der Waals surface area contributed by atoms with Gasteiger partial charge in [-0.25, -0.2) is 17.9 Å². The van der Waals surface area contributed by atoms with Crippen LogP contribution in [-0.4, -0.2) is 20.4 Å². The van der Waals surface area contributed by atoms with Gasteiger partial charge in [-0.1, -0.05) is 18.2 Å². The van der Waals surface area contributed by atoms with Crippen LogP contribution in [0.5, 0.6) is 0 Å². The molecule has 0 spiro atoms. The molecule has 0 fully saturated rings. The van der Waals surface area contributed by atoms with E-state index >= 15 is 0 Å². The Morgan fingerprint density at radius 2 is 1.96 bits per heavy atom. The number of carbonyl (C=O) groups is 1. The van der Waals surface area contributed by atoms with Crippen LogP contribution in [0, 0.1) is 5.82 Å². The van der Waals surface area contributed by atoms with Crippen molar-refractivity contribution in [1.29, 1.82) is 0 Å². The predicted octanol–water partition coefficient (Wildman–Crippen LogP) is 2.06. The summed E-state index contributed by atoms with van der Waals surface area (Å²) in [6.07, 6.45) is 0.722. The van der Waals surface area contributed by atoms with Crippen molar-refractivity contribution in [2.24, 2.45) is 5.14 Å². The second-order valence-corrected chi connectivity index (χ2v) is 7.08. The molecule has 0 saturated heterocycles. The van der Waals surface area contributed by atoms with Crippen LogP contribution in [0.4, 0.5) is 10.1 Å². The molecule has 1 amide bonds. The van der Waals surface area contributed by atoms with Gasteiger partial charge in [0.2, 0.25) is 10.0 Å². The Hall–Kier alpha value is -2.25. The van der Waals surface area contributed by atoms with E-state index in [0.29, 0.717) is 0 Å². The van der Waals surface area contributed by atoms with E-state index in [9.17, 15) is 17.6 Å². The fourth-order valence-electron chi connectivity index (χ4n) is 2.88. The molecule has 0 aromatic heterocycles. The summed E-state index contributed by atoms with van der Waals surface area (Å²) in [5.74, 6) is -1.40. The molecule has 2 N–H and O–H groups in total. The smallest absolute Gasteiger partial charge is 0.258 e. The summed E-state index contributed by atoms with van der Waals surface area (Å²) in [6.45, 7) is 1.91. The van der Waals surface area contributed by atoms with Crippen LogP contribution in [0.1, 0.15) is 22.8 Å². The molecule has 0 aliphatic carbocycles. The van der Waals surface area contributed by atoms with Gasteiger partial charge in [-0.2, -0.15) is 0 Å². The summed E-state index contributed by atoms with van der Waals surface area (Å²) >= 11 is 0. The molecule has 1 atom stereocenters. The van der Waals surface area contributed by atoms with E-state index in [1.54, 1.807) is 4.90 Å². The molecule has 1 unspecified atom stereocenters. The van der Waals surface area contributed by atoms with Gasteiger partial charge in [0, 0.05) is 17.3 Å². The van der Waals surface area contributed by atoms with Crippen LogP contribution in [0.2, 0.25) is 0 Å². The standard InChI is InChI=1S/C16H15FN2O3S/c1-10-8-11-4-2-3-5-14(11)19(10)16(20)12-6-7-15(13(17)9-12)23(18,21)22/h2-7,9-10H,8H2,1H3,(H2,18,21,22). The van der Waals surface area contributed by atoms with Gasteiger partial charge in [0.05, 0.1) is 0 Å². The highest BCUT2D eigenvalue weighted by atomic mass is 32.2. The van der Waals surface area contributed by atoms with Gasteiger partial charge in [0.15, 0.2) is 0 Å². The van der Waals surface area contributed by atoms with Crippen LogP contribution < -0.4 is 10.0 Å². The number of primary sulfonamides is 1. The van der Waals surface area contributed by atoms with Crippen LogP contribution in [0.15, 0.2) is 47.4 Å². The molecule has 1 aliphatic heterocycles. The zero-order valence-electron chi connectivity index (χ0n) is 12.4. The molecule has 1 aliphatic rings. The molecule has 23 heavy (non-hydrogen) atoms. The lowest BCUT2D eigenvalue weighted by Crippen LogP contribution is -2.35. The third kappa shape index (κ3) is 2.73. The number of amides is 1. The van der Waals surface area contributed by atoms with Crippen molar-refractivity contribution in [3.63, 3.8) is 0 Å². The maximum Gasteiger partial charge on any atom is 0.258 e. The van der Waals surface area contributed by atoms with Gasteiger partial charge >= 0.3 is 0 Å². The van der Waals surface area contributed by atoms with E-state index in [2.05, 4.69) is 0 Å². The van der Waals surface area contributed by atoms with E-state index in [1.165, 1.54) is 6.07 Å². The van der Waals surface area contributed by atoms with Crippen molar-refractivity contribution in [2.75, 3.05) is 4.90 Å². The van der Waals surface area contributed by atoms with Crippen LogP contribution in [-0.2, 0) is 16.4 Å². The van der Waals surface area contributed by atoms with E-state index in [0.717, 1.165) is 29.8 Å². The number of halogens is 1. The molecule has 2 aromatic carbocycles. The zero-order chi connectivity index (χ0) is 16.8. The summed E-state index contributed by atoms with van der Waals surface area (Å²) in [6, 6.07) is 10.7. The first-order valence-electron chi connectivity index (χ1n) is 7.03. The number of anilines is 1. The normalized spacial score (nSPS) is 17.2. The average Bonchev–Trinajstić information content (AvgIpc) is 2.80. The van der Waals surface area contributed by atoms with Crippen molar-refractivity contribution in [2.45, 2.75) is 24.3 Å². The third-order valence-corrected chi connectivity index (χ3v) is 4.86. The van der Waals surface area contributed by atoms with Gasteiger partial charge in [-0.3, -0.25) is 4.79 Å². The number of fused-ring (bicyclic) bond motifs is 1. The maximum absolute atomic E-state index is 14.0. The Balaban J connectivity index is 2.00. The number of hydrogen-bond acceptors (Lipinski definition) is 3. The molecule has 3 rings (SSSR count). The lowest BCUT2D eigenvalue weighted by Gasteiger charge is -2.23. The summed E-state index contributed by atoms with van der Waals surface area (Å²) in [4.78, 5) is 13.7.